The van der Waals surface area contributed by atoms with Gasteiger partial charge in [-0.1, -0.05) is 13.2 Å². The van der Waals surface area contributed by atoms with Gasteiger partial charge in [-0.2, -0.15) is 0 Å². The fourth-order valence-corrected chi connectivity index (χ4v) is 1.35. The maximum atomic E-state index is 11.3. The first-order valence-corrected chi connectivity index (χ1v) is 7.05. The van der Waals surface area contributed by atoms with Crippen LogP contribution >= 0.6 is 0 Å². The average Bonchev–Trinajstić information content (AvgIpc) is 2.42. The van der Waals surface area contributed by atoms with Crippen LogP contribution in [0.15, 0.2) is 24.3 Å². The molecule has 0 rings (SSSR count). The largest absolute Gasteiger partial charge is 0.460 e. The number of esters is 1. The molecule has 0 saturated heterocycles. The van der Waals surface area contributed by atoms with Crippen LogP contribution in [-0.2, 0) is 23.8 Å². The number of rotatable bonds is 12. The lowest BCUT2D eigenvalue weighted by atomic mass is 10.1. The zero-order valence-corrected chi connectivity index (χ0v) is 13.3. The lowest BCUT2D eigenvalue weighted by molar-refractivity contribution is -0.141. The van der Waals surface area contributed by atoms with Crippen LogP contribution in [0.3, 0.4) is 0 Å². The first-order chi connectivity index (χ1) is 9.84. The quantitative estimate of drug-likeness (QED) is 0.315. The van der Waals surface area contributed by atoms with E-state index in [1.807, 2.05) is 6.92 Å². The molecule has 0 aliphatic heterocycles. The Morgan fingerprint density at radius 3 is 2.29 bits per heavy atom. The first-order valence-electron chi connectivity index (χ1n) is 7.05. The summed E-state index contributed by atoms with van der Waals surface area (Å²) < 4.78 is 15.7. The lowest BCUT2D eigenvalue weighted by Crippen LogP contribution is -2.20. The zero-order chi connectivity index (χ0) is 16.3. The molecule has 0 N–H and O–H groups in total. The van der Waals surface area contributed by atoms with Crippen LogP contribution in [0.4, 0.5) is 0 Å². The van der Waals surface area contributed by atoms with E-state index in [0.717, 1.165) is 0 Å². The molecule has 0 aromatic rings. The smallest absolute Gasteiger partial charge is 0.333 e. The summed E-state index contributed by atoms with van der Waals surface area (Å²) in [7, 11) is 0. The maximum absolute atomic E-state index is 11.3. The van der Waals surface area contributed by atoms with Crippen molar-refractivity contribution in [1.82, 2.24) is 0 Å². The van der Waals surface area contributed by atoms with Gasteiger partial charge in [0.1, 0.15) is 6.61 Å². The van der Waals surface area contributed by atoms with Crippen molar-refractivity contribution in [3.05, 3.63) is 24.3 Å². The van der Waals surface area contributed by atoms with E-state index < -0.39 is 5.97 Å². The van der Waals surface area contributed by atoms with Gasteiger partial charge in [0.2, 0.25) is 0 Å². The Labute approximate surface area is 126 Å². The van der Waals surface area contributed by atoms with E-state index in [-0.39, 0.29) is 18.5 Å². The second kappa shape index (κ2) is 11.2. The summed E-state index contributed by atoms with van der Waals surface area (Å²) in [6.07, 6.45) is 1.04. The molecule has 120 valence electrons. The minimum absolute atomic E-state index is 0.0715. The van der Waals surface area contributed by atoms with Crippen LogP contribution in [0, 0.1) is 0 Å². The molecule has 0 saturated carbocycles. The summed E-state index contributed by atoms with van der Waals surface area (Å²) in [4.78, 5) is 22.4. The van der Waals surface area contributed by atoms with E-state index in [4.69, 9.17) is 14.2 Å². The fourth-order valence-electron chi connectivity index (χ4n) is 1.35. The molecule has 0 amide bonds. The number of hydrogen-bond donors (Lipinski definition) is 0. The summed E-state index contributed by atoms with van der Waals surface area (Å²) in [5, 5.41) is 0. The number of carbonyl (C=O) groups is 2. The molecule has 0 aliphatic rings. The highest BCUT2D eigenvalue weighted by atomic mass is 16.6. The van der Waals surface area contributed by atoms with Crippen LogP contribution in [0.1, 0.15) is 33.6 Å². The predicted octanol–water partition coefficient (Wildman–Crippen LogP) is 2.45. The molecule has 1 unspecified atom stereocenters. The highest BCUT2D eigenvalue weighted by molar-refractivity contribution is 5.94. The molecule has 5 nitrogen and oxygen atoms in total. The number of carbonyl (C=O) groups excluding carboxylic acids is 2. The third-order valence-corrected chi connectivity index (χ3v) is 2.59. The Balaban J connectivity index is 3.48. The molecule has 0 fully saturated rings. The van der Waals surface area contributed by atoms with Crippen molar-refractivity contribution >= 4 is 11.8 Å². The molecule has 0 aromatic heterocycles. The van der Waals surface area contributed by atoms with Gasteiger partial charge in [-0.05, 0) is 32.8 Å². The number of Topliss-reactive ketones (excluding diaryl/α,β-unsaturated/α-hetero) is 1. The maximum Gasteiger partial charge on any atom is 0.333 e. The van der Waals surface area contributed by atoms with E-state index in [0.29, 0.717) is 43.8 Å². The lowest BCUT2D eigenvalue weighted by Gasteiger charge is -2.13. The molecular formula is C16H26O5. The molecule has 0 aromatic carbocycles. The molecule has 1 atom stereocenters. The molecule has 0 radical (unpaired) electrons. The third-order valence-electron chi connectivity index (χ3n) is 2.59. The standard InChI is InChI=1S/C16H26O5/c1-12(2)15(17)7-6-8-19-11-14(5)20-9-10-21-16(18)13(3)4/h14H,1,3,6-11H2,2,4-5H3. The summed E-state index contributed by atoms with van der Waals surface area (Å²) >= 11 is 0. The SMILES string of the molecule is C=C(C)C(=O)CCCOCC(C)OCCOC(=O)C(=C)C. The summed E-state index contributed by atoms with van der Waals surface area (Å²) in [5.74, 6) is -0.341. The summed E-state index contributed by atoms with van der Waals surface area (Å²) in [5.41, 5.74) is 0.951. The summed E-state index contributed by atoms with van der Waals surface area (Å²) in [6.45, 7) is 13.7. The van der Waals surface area contributed by atoms with E-state index in [9.17, 15) is 9.59 Å². The molecule has 0 bridgehead atoms. The van der Waals surface area contributed by atoms with Crippen LogP contribution in [0.25, 0.3) is 0 Å². The molecule has 21 heavy (non-hydrogen) atoms. The van der Waals surface area contributed by atoms with Crippen molar-refractivity contribution in [3.63, 3.8) is 0 Å². The van der Waals surface area contributed by atoms with E-state index in [1.165, 1.54) is 0 Å². The Morgan fingerprint density at radius 1 is 1.05 bits per heavy atom. The highest BCUT2D eigenvalue weighted by Crippen LogP contribution is 2.01. The average molecular weight is 298 g/mol. The van der Waals surface area contributed by atoms with Gasteiger partial charge in [0.25, 0.3) is 0 Å². The van der Waals surface area contributed by atoms with Crippen molar-refractivity contribution in [1.29, 1.82) is 0 Å². The first kappa shape index (κ1) is 19.5. The van der Waals surface area contributed by atoms with Crippen molar-refractivity contribution in [2.24, 2.45) is 0 Å². The van der Waals surface area contributed by atoms with Gasteiger partial charge in [0.05, 0.1) is 19.3 Å². The Morgan fingerprint density at radius 2 is 1.71 bits per heavy atom. The highest BCUT2D eigenvalue weighted by Gasteiger charge is 2.06. The van der Waals surface area contributed by atoms with Gasteiger partial charge >= 0.3 is 5.97 Å². The van der Waals surface area contributed by atoms with Gasteiger partial charge in [0.15, 0.2) is 5.78 Å². The number of hydrogen-bond acceptors (Lipinski definition) is 5. The number of allylic oxidation sites excluding steroid dienone is 1. The van der Waals surface area contributed by atoms with Crippen LogP contribution < -0.4 is 0 Å². The van der Waals surface area contributed by atoms with Gasteiger partial charge in [-0.25, -0.2) is 4.79 Å². The van der Waals surface area contributed by atoms with E-state index in [2.05, 4.69) is 13.2 Å². The van der Waals surface area contributed by atoms with Gasteiger partial charge < -0.3 is 14.2 Å². The van der Waals surface area contributed by atoms with Gasteiger partial charge in [0, 0.05) is 18.6 Å². The van der Waals surface area contributed by atoms with Crippen molar-refractivity contribution in [3.8, 4) is 0 Å². The molecule has 0 aliphatic carbocycles. The Hall–Kier alpha value is -1.46. The van der Waals surface area contributed by atoms with Crippen LogP contribution in [0.2, 0.25) is 0 Å². The minimum Gasteiger partial charge on any atom is -0.460 e. The molecule has 0 heterocycles. The second-order valence-corrected chi connectivity index (χ2v) is 4.98. The molecular weight excluding hydrogens is 272 g/mol. The normalized spacial score (nSPS) is 11.8. The third kappa shape index (κ3) is 10.9. The Kier molecular flexibility index (Phi) is 10.4. The molecule has 5 heteroatoms. The summed E-state index contributed by atoms with van der Waals surface area (Å²) in [6, 6.07) is 0. The van der Waals surface area contributed by atoms with Crippen molar-refractivity contribution in [2.45, 2.75) is 39.7 Å². The second-order valence-electron chi connectivity index (χ2n) is 4.98. The van der Waals surface area contributed by atoms with Crippen LogP contribution in [-0.4, -0.2) is 44.3 Å². The number of ketones is 1. The van der Waals surface area contributed by atoms with Gasteiger partial charge in [-0.15, -0.1) is 0 Å². The van der Waals surface area contributed by atoms with Gasteiger partial charge in [-0.3, -0.25) is 4.79 Å². The van der Waals surface area contributed by atoms with Crippen LogP contribution in [0.5, 0.6) is 0 Å². The van der Waals surface area contributed by atoms with E-state index >= 15 is 0 Å². The van der Waals surface area contributed by atoms with E-state index in [1.54, 1.807) is 13.8 Å². The predicted molar refractivity (Wildman–Crippen MR) is 81.1 cm³/mol. The zero-order valence-electron chi connectivity index (χ0n) is 13.3. The fraction of sp³-hybridized carbons (Fsp3) is 0.625. The van der Waals surface area contributed by atoms with Crippen molar-refractivity contribution < 1.29 is 23.8 Å². The Bertz CT molecular complexity index is 373. The number of ether oxygens (including phenoxy) is 3. The monoisotopic (exact) mass is 298 g/mol. The molecule has 0 spiro atoms. The van der Waals surface area contributed by atoms with Crippen molar-refractivity contribution in [2.75, 3.05) is 26.4 Å². The topological polar surface area (TPSA) is 61.8 Å². The minimum atomic E-state index is -0.412.